The second kappa shape index (κ2) is 7.49. The van der Waals surface area contributed by atoms with Gasteiger partial charge in [-0.25, -0.2) is 0 Å². The van der Waals surface area contributed by atoms with Crippen molar-refractivity contribution >= 4 is 23.2 Å². The lowest BCUT2D eigenvalue weighted by Crippen LogP contribution is -2.28. The molecule has 4 heteroatoms. The van der Waals surface area contributed by atoms with Gasteiger partial charge in [-0.3, -0.25) is 0 Å². The lowest BCUT2D eigenvalue weighted by Gasteiger charge is -2.22. The Morgan fingerprint density at radius 1 is 1.21 bits per heavy atom. The predicted molar refractivity (Wildman–Crippen MR) is 80.9 cm³/mol. The lowest BCUT2D eigenvalue weighted by atomic mass is 9.89. The van der Waals surface area contributed by atoms with Crippen molar-refractivity contribution in [3.63, 3.8) is 0 Å². The van der Waals surface area contributed by atoms with Crippen LogP contribution in [0.3, 0.4) is 0 Å². The number of rotatable bonds is 5. The highest BCUT2D eigenvalue weighted by Crippen LogP contribution is 2.26. The Kier molecular flexibility index (Phi) is 5.96. The number of nitrogens with one attached hydrogen (secondary N) is 1. The van der Waals surface area contributed by atoms with E-state index in [0.29, 0.717) is 22.2 Å². The maximum Gasteiger partial charge on any atom is 0.0929 e. The van der Waals surface area contributed by atoms with Crippen LogP contribution in [0, 0.1) is 5.92 Å². The Hall–Kier alpha value is -0.280. The van der Waals surface area contributed by atoms with Crippen LogP contribution >= 0.6 is 23.2 Å². The minimum atomic E-state index is -0.602. The first-order chi connectivity index (χ1) is 9.16. The molecule has 0 saturated heterocycles. The van der Waals surface area contributed by atoms with Crippen LogP contribution in [0.5, 0.6) is 0 Å². The molecule has 1 aliphatic carbocycles. The first-order valence-electron chi connectivity index (χ1n) is 7.00. The molecule has 0 aromatic heterocycles. The van der Waals surface area contributed by atoms with Crippen LogP contribution in [0.1, 0.15) is 43.8 Å². The summed E-state index contributed by atoms with van der Waals surface area (Å²) in [4.78, 5) is 0. The van der Waals surface area contributed by atoms with Gasteiger partial charge in [0.05, 0.1) is 6.10 Å². The molecular formula is C15H21Cl2NO. The molecule has 1 aliphatic rings. The second-order valence-corrected chi connectivity index (χ2v) is 6.19. The number of halogens is 2. The highest BCUT2D eigenvalue weighted by Gasteiger charge is 2.15. The summed E-state index contributed by atoms with van der Waals surface area (Å²) in [6.07, 6.45) is 6.07. The number of benzene rings is 1. The monoisotopic (exact) mass is 301 g/mol. The third-order valence-corrected chi connectivity index (χ3v) is 4.39. The molecular weight excluding hydrogens is 281 g/mol. The highest BCUT2D eigenvalue weighted by atomic mass is 35.5. The Labute approximate surface area is 125 Å². The van der Waals surface area contributed by atoms with Crippen LogP contribution in [0.25, 0.3) is 0 Å². The number of hydrogen-bond acceptors (Lipinski definition) is 2. The van der Waals surface area contributed by atoms with Crippen LogP contribution < -0.4 is 5.32 Å². The van der Waals surface area contributed by atoms with Gasteiger partial charge in [0, 0.05) is 22.2 Å². The van der Waals surface area contributed by atoms with Crippen molar-refractivity contribution in [1.82, 2.24) is 5.32 Å². The topological polar surface area (TPSA) is 32.3 Å². The molecule has 1 atom stereocenters. The van der Waals surface area contributed by atoms with Crippen molar-refractivity contribution in [3.8, 4) is 0 Å². The van der Waals surface area contributed by atoms with E-state index in [2.05, 4.69) is 5.32 Å². The lowest BCUT2D eigenvalue weighted by molar-refractivity contribution is 0.171. The van der Waals surface area contributed by atoms with Gasteiger partial charge < -0.3 is 10.4 Å². The summed E-state index contributed by atoms with van der Waals surface area (Å²) in [6.45, 7) is 1.51. The van der Waals surface area contributed by atoms with E-state index < -0.39 is 6.10 Å². The number of aliphatic hydroxyl groups excluding tert-OH is 1. The minimum absolute atomic E-state index is 0.524. The van der Waals surface area contributed by atoms with Gasteiger partial charge in [-0.2, -0.15) is 0 Å². The molecule has 2 nitrogen and oxygen atoms in total. The molecule has 2 N–H and O–H groups in total. The Morgan fingerprint density at radius 3 is 2.68 bits per heavy atom. The van der Waals surface area contributed by atoms with Gasteiger partial charge in [-0.05, 0) is 43.5 Å². The summed E-state index contributed by atoms with van der Waals surface area (Å²) in [6, 6.07) is 5.19. The quantitative estimate of drug-likeness (QED) is 0.854. The van der Waals surface area contributed by atoms with E-state index in [-0.39, 0.29) is 0 Å². The summed E-state index contributed by atoms with van der Waals surface area (Å²) < 4.78 is 0. The summed E-state index contributed by atoms with van der Waals surface area (Å²) in [5.74, 6) is 0.760. The molecule has 106 valence electrons. The molecule has 0 radical (unpaired) electrons. The maximum absolute atomic E-state index is 10.1. The SMILES string of the molecule is OC(CNCC1CCCCC1)c1cc(Cl)ccc1Cl. The van der Waals surface area contributed by atoms with Crippen LogP contribution in [0.4, 0.5) is 0 Å². The zero-order valence-electron chi connectivity index (χ0n) is 11.0. The van der Waals surface area contributed by atoms with E-state index in [9.17, 15) is 5.11 Å². The van der Waals surface area contributed by atoms with Crippen molar-refractivity contribution in [2.75, 3.05) is 13.1 Å². The van der Waals surface area contributed by atoms with Gasteiger partial charge in [-0.15, -0.1) is 0 Å². The van der Waals surface area contributed by atoms with Gasteiger partial charge in [-0.1, -0.05) is 42.5 Å². The van der Waals surface area contributed by atoms with E-state index in [0.717, 1.165) is 12.5 Å². The van der Waals surface area contributed by atoms with Crippen LogP contribution in [0.2, 0.25) is 10.0 Å². The van der Waals surface area contributed by atoms with Gasteiger partial charge in [0.1, 0.15) is 0 Å². The van der Waals surface area contributed by atoms with Gasteiger partial charge in [0.25, 0.3) is 0 Å². The van der Waals surface area contributed by atoms with Crippen molar-refractivity contribution < 1.29 is 5.11 Å². The first kappa shape index (κ1) is 15.1. The third kappa shape index (κ3) is 4.64. The summed E-state index contributed by atoms with van der Waals surface area (Å²) in [5.41, 5.74) is 0.699. The van der Waals surface area contributed by atoms with Crippen molar-refractivity contribution in [1.29, 1.82) is 0 Å². The molecule has 0 heterocycles. The van der Waals surface area contributed by atoms with Crippen molar-refractivity contribution in [3.05, 3.63) is 33.8 Å². The maximum atomic E-state index is 10.1. The molecule has 0 amide bonds. The van der Waals surface area contributed by atoms with Crippen LogP contribution in [-0.2, 0) is 0 Å². The summed E-state index contributed by atoms with van der Waals surface area (Å²) in [7, 11) is 0. The minimum Gasteiger partial charge on any atom is -0.387 e. The van der Waals surface area contributed by atoms with E-state index in [1.807, 2.05) is 0 Å². The smallest absolute Gasteiger partial charge is 0.0929 e. The van der Waals surface area contributed by atoms with E-state index in [1.165, 1.54) is 32.1 Å². The molecule has 0 spiro atoms. The Balaban J connectivity index is 1.80. The van der Waals surface area contributed by atoms with Crippen LogP contribution in [0.15, 0.2) is 18.2 Å². The molecule has 0 aliphatic heterocycles. The predicted octanol–water partition coefficient (Wildman–Crippen LogP) is 4.20. The largest absolute Gasteiger partial charge is 0.387 e. The Morgan fingerprint density at radius 2 is 1.95 bits per heavy atom. The second-order valence-electron chi connectivity index (χ2n) is 5.34. The van der Waals surface area contributed by atoms with E-state index in [1.54, 1.807) is 18.2 Å². The fourth-order valence-corrected chi connectivity index (χ4v) is 3.12. The Bertz CT molecular complexity index is 405. The highest BCUT2D eigenvalue weighted by molar-refractivity contribution is 6.33. The van der Waals surface area contributed by atoms with Crippen molar-refractivity contribution in [2.45, 2.75) is 38.2 Å². The molecule has 1 saturated carbocycles. The van der Waals surface area contributed by atoms with Gasteiger partial charge >= 0.3 is 0 Å². The first-order valence-corrected chi connectivity index (χ1v) is 7.76. The molecule has 19 heavy (non-hydrogen) atoms. The van der Waals surface area contributed by atoms with Crippen molar-refractivity contribution in [2.24, 2.45) is 5.92 Å². The van der Waals surface area contributed by atoms with E-state index >= 15 is 0 Å². The third-order valence-electron chi connectivity index (χ3n) is 3.81. The van der Waals surface area contributed by atoms with Crippen LogP contribution in [-0.4, -0.2) is 18.2 Å². The standard InChI is InChI=1S/C15H21Cl2NO/c16-12-6-7-14(17)13(8-12)15(19)10-18-9-11-4-2-1-3-5-11/h6-8,11,15,18-19H,1-5,9-10H2. The normalized spacial score (nSPS) is 18.5. The zero-order chi connectivity index (χ0) is 13.7. The number of hydrogen-bond donors (Lipinski definition) is 2. The molecule has 1 aromatic carbocycles. The molecule has 1 aromatic rings. The molecule has 1 fully saturated rings. The average molecular weight is 302 g/mol. The molecule has 0 bridgehead atoms. The summed E-state index contributed by atoms with van der Waals surface area (Å²) in [5, 5.41) is 14.7. The van der Waals surface area contributed by atoms with Gasteiger partial charge in [0.15, 0.2) is 0 Å². The van der Waals surface area contributed by atoms with E-state index in [4.69, 9.17) is 23.2 Å². The van der Waals surface area contributed by atoms with Gasteiger partial charge in [0.2, 0.25) is 0 Å². The fraction of sp³-hybridized carbons (Fsp3) is 0.600. The number of aliphatic hydroxyl groups is 1. The molecule has 2 rings (SSSR count). The fourth-order valence-electron chi connectivity index (χ4n) is 2.70. The molecule has 1 unspecified atom stereocenters. The zero-order valence-corrected chi connectivity index (χ0v) is 12.6. The summed E-state index contributed by atoms with van der Waals surface area (Å²) >= 11 is 12.0. The average Bonchev–Trinajstić information content (AvgIpc) is 2.42.